The van der Waals surface area contributed by atoms with Crippen LogP contribution in [0.15, 0.2) is 72.8 Å². The first-order valence-electron chi connectivity index (χ1n) is 12.0. The average molecular weight is 474 g/mol. The Labute approximate surface area is 205 Å². The topological polar surface area (TPSA) is 84.7 Å². The highest BCUT2D eigenvalue weighted by Crippen LogP contribution is 2.39. The zero-order valence-electron chi connectivity index (χ0n) is 20.2. The number of benzene rings is 2. The summed E-state index contributed by atoms with van der Waals surface area (Å²) < 4.78 is 7.71. The highest BCUT2D eigenvalue weighted by atomic mass is 16.5. The van der Waals surface area contributed by atoms with Gasteiger partial charge in [-0.3, -0.25) is 9.59 Å². The first-order valence-corrected chi connectivity index (χ1v) is 12.0. The zero-order valence-corrected chi connectivity index (χ0v) is 20.2. The van der Waals surface area contributed by atoms with Crippen LogP contribution < -0.4 is 4.74 Å². The highest BCUT2D eigenvalue weighted by Gasteiger charge is 2.45. The van der Waals surface area contributed by atoms with Crippen molar-refractivity contribution in [1.29, 1.82) is 0 Å². The number of aliphatic hydroxyl groups is 1. The van der Waals surface area contributed by atoms with Gasteiger partial charge in [-0.25, -0.2) is 4.98 Å². The van der Waals surface area contributed by atoms with Gasteiger partial charge in [-0.2, -0.15) is 0 Å². The van der Waals surface area contributed by atoms with Gasteiger partial charge in [-0.1, -0.05) is 55.3 Å². The predicted octanol–water partition coefficient (Wildman–Crippen LogP) is 4.88. The van der Waals surface area contributed by atoms with E-state index in [-0.39, 0.29) is 11.3 Å². The van der Waals surface area contributed by atoms with Crippen molar-refractivity contribution in [2.45, 2.75) is 45.7 Å². The van der Waals surface area contributed by atoms with Crippen molar-refractivity contribution in [2.75, 3.05) is 13.2 Å². The summed E-state index contributed by atoms with van der Waals surface area (Å²) in [4.78, 5) is 32.0. The number of hydrogen-bond donors (Lipinski definition) is 1. The molecule has 2 heterocycles. The average Bonchev–Trinajstić information content (AvgIpc) is 3.47. The van der Waals surface area contributed by atoms with Crippen molar-refractivity contribution >= 4 is 17.4 Å². The molecule has 1 amide bonds. The lowest BCUT2D eigenvalue weighted by molar-refractivity contribution is -0.139. The molecule has 1 aliphatic heterocycles. The third-order valence-electron chi connectivity index (χ3n) is 6.18. The summed E-state index contributed by atoms with van der Waals surface area (Å²) in [6.07, 6.45) is 7.88. The number of hydrogen-bond acceptors (Lipinski definition) is 5. The number of aromatic nitrogens is 2. The molecular formula is C28H31N3O4. The van der Waals surface area contributed by atoms with Crippen LogP contribution in [0.2, 0.25) is 0 Å². The van der Waals surface area contributed by atoms with Crippen molar-refractivity contribution < 1.29 is 19.4 Å². The molecule has 0 aliphatic carbocycles. The molecule has 2 aromatic carbocycles. The predicted molar refractivity (Wildman–Crippen MR) is 134 cm³/mol. The minimum Gasteiger partial charge on any atom is -0.507 e. The van der Waals surface area contributed by atoms with Gasteiger partial charge in [0.1, 0.15) is 11.5 Å². The van der Waals surface area contributed by atoms with E-state index in [0.29, 0.717) is 37.4 Å². The van der Waals surface area contributed by atoms with Crippen LogP contribution in [-0.2, 0) is 16.1 Å². The summed E-state index contributed by atoms with van der Waals surface area (Å²) in [7, 11) is 0. The number of nitrogens with zero attached hydrogens (tertiary/aromatic N) is 3. The van der Waals surface area contributed by atoms with Gasteiger partial charge in [0, 0.05) is 31.0 Å². The van der Waals surface area contributed by atoms with Gasteiger partial charge < -0.3 is 19.3 Å². The van der Waals surface area contributed by atoms with Crippen molar-refractivity contribution in [2.24, 2.45) is 0 Å². The number of Topliss-reactive ketones (excluding diaryl/α,β-unsaturated/α-hetero) is 1. The molecule has 1 aliphatic rings. The first kappa shape index (κ1) is 24.3. The number of unbranched alkanes of at least 4 members (excludes halogenated alkanes) is 1. The van der Waals surface area contributed by atoms with Crippen molar-refractivity contribution in [3.8, 4) is 5.75 Å². The maximum absolute atomic E-state index is 13.2. The number of carbonyl (C=O) groups is 2. The Kier molecular flexibility index (Phi) is 7.65. The Bertz CT molecular complexity index is 1200. The maximum atomic E-state index is 13.2. The third kappa shape index (κ3) is 5.45. The molecule has 4 rings (SSSR count). The summed E-state index contributed by atoms with van der Waals surface area (Å²) in [6, 6.07) is 14.1. The molecule has 1 saturated heterocycles. The monoisotopic (exact) mass is 473 g/mol. The van der Waals surface area contributed by atoms with E-state index in [4.69, 9.17) is 4.74 Å². The molecule has 35 heavy (non-hydrogen) atoms. The standard InChI is InChI=1S/C28H31N3O4/c1-3-4-17-35-23-8-5-7-22(18-23)26(32)24-25(21-11-9-20(2)10-12-21)31(28(34)27(24)33)15-6-14-30-16-13-29-19-30/h5,7-13,16,18-19,25,32H,3-4,6,14-15,17H2,1-2H3. The Balaban J connectivity index is 1.68. The molecular weight excluding hydrogens is 442 g/mol. The second-order valence-electron chi connectivity index (χ2n) is 8.79. The summed E-state index contributed by atoms with van der Waals surface area (Å²) in [5.74, 6) is -0.845. The van der Waals surface area contributed by atoms with Crippen LogP contribution in [-0.4, -0.2) is 44.4 Å². The Morgan fingerprint density at radius 3 is 2.60 bits per heavy atom. The summed E-state index contributed by atoms with van der Waals surface area (Å²) in [5, 5.41) is 11.3. The minimum absolute atomic E-state index is 0.104. The van der Waals surface area contributed by atoms with Crippen LogP contribution in [0.25, 0.3) is 5.76 Å². The molecule has 7 heteroatoms. The van der Waals surface area contributed by atoms with Gasteiger partial charge in [-0.15, -0.1) is 0 Å². The number of carbonyl (C=O) groups excluding carboxylic acids is 2. The second-order valence-corrected chi connectivity index (χ2v) is 8.79. The molecule has 1 atom stereocenters. The van der Waals surface area contributed by atoms with Crippen LogP contribution in [0.3, 0.4) is 0 Å². The van der Waals surface area contributed by atoms with E-state index in [1.807, 2.05) is 48.0 Å². The fourth-order valence-electron chi connectivity index (χ4n) is 4.27. The smallest absolute Gasteiger partial charge is 0.295 e. The van der Waals surface area contributed by atoms with Gasteiger partial charge in [0.2, 0.25) is 0 Å². The highest BCUT2D eigenvalue weighted by molar-refractivity contribution is 6.46. The Morgan fingerprint density at radius 2 is 1.89 bits per heavy atom. The van der Waals surface area contributed by atoms with Gasteiger partial charge in [0.05, 0.1) is 24.5 Å². The Morgan fingerprint density at radius 1 is 1.09 bits per heavy atom. The normalized spacial score (nSPS) is 17.2. The lowest BCUT2D eigenvalue weighted by Gasteiger charge is -2.25. The molecule has 0 saturated carbocycles. The number of rotatable bonds is 10. The third-order valence-corrected chi connectivity index (χ3v) is 6.18. The van der Waals surface area contributed by atoms with Gasteiger partial charge in [0.15, 0.2) is 0 Å². The summed E-state index contributed by atoms with van der Waals surface area (Å²) >= 11 is 0. The minimum atomic E-state index is -0.673. The van der Waals surface area contributed by atoms with E-state index < -0.39 is 17.7 Å². The fraction of sp³-hybridized carbons (Fsp3) is 0.321. The number of aliphatic hydroxyl groups excluding tert-OH is 1. The summed E-state index contributed by atoms with van der Waals surface area (Å²) in [5.41, 5.74) is 2.41. The largest absolute Gasteiger partial charge is 0.507 e. The molecule has 182 valence electrons. The Hall–Kier alpha value is -3.87. The molecule has 1 fully saturated rings. The quantitative estimate of drug-likeness (QED) is 0.196. The van der Waals surface area contributed by atoms with Gasteiger partial charge >= 0.3 is 0 Å². The first-order chi connectivity index (χ1) is 17.0. The van der Waals surface area contributed by atoms with Crippen LogP contribution in [0.1, 0.15) is 48.9 Å². The maximum Gasteiger partial charge on any atom is 0.295 e. The van der Waals surface area contributed by atoms with E-state index in [2.05, 4.69) is 11.9 Å². The molecule has 0 bridgehead atoms. The van der Waals surface area contributed by atoms with Crippen LogP contribution in [0, 0.1) is 6.92 Å². The summed E-state index contributed by atoms with van der Waals surface area (Å²) in [6.45, 7) is 5.69. The van der Waals surface area contributed by atoms with Gasteiger partial charge in [0.25, 0.3) is 11.7 Å². The van der Waals surface area contributed by atoms with Crippen LogP contribution >= 0.6 is 0 Å². The lowest BCUT2D eigenvalue weighted by atomic mass is 9.94. The molecule has 1 unspecified atom stereocenters. The lowest BCUT2D eigenvalue weighted by Crippen LogP contribution is -2.31. The van der Waals surface area contributed by atoms with E-state index in [1.54, 1.807) is 35.6 Å². The number of ketones is 1. The van der Waals surface area contributed by atoms with Crippen LogP contribution in [0.4, 0.5) is 0 Å². The van der Waals surface area contributed by atoms with Crippen molar-refractivity contribution in [1.82, 2.24) is 14.5 Å². The number of likely N-dealkylation sites (tertiary alicyclic amines) is 1. The van der Waals surface area contributed by atoms with E-state index in [1.165, 1.54) is 0 Å². The molecule has 1 aromatic heterocycles. The fourth-order valence-corrected chi connectivity index (χ4v) is 4.27. The molecule has 7 nitrogen and oxygen atoms in total. The number of amides is 1. The van der Waals surface area contributed by atoms with E-state index in [9.17, 15) is 14.7 Å². The van der Waals surface area contributed by atoms with Crippen molar-refractivity contribution in [3.63, 3.8) is 0 Å². The zero-order chi connectivity index (χ0) is 24.8. The molecule has 3 aromatic rings. The molecule has 0 radical (unpaired) electrons. The SMILES string of the molecule is CCCCOc1cccc(C(O)=C2C(=O)C(=O)N(CCCn3ccnc3)C2c2ccc(C)cc2)c1. The number of aryl methyl sites for hydroxylation is 2. The van der Waals surface area contributed by atoms with E-state index >= 15 is 0 Å². The van der Waals surface area contributed by atoms with Crippen LogP contribution in [0.5, 0.6) is 5.75 Å². The number of ether oxygens (including phenoxy) is 1. The van der Waals surface area contributed by atoms with Crippen molar-refractivity contribution in [3.05, 3.63) is 89.5 Å². The number of imidazole rings is 1. The second kappa shape index (κ2) is 11.0. The molecule has 1 N–H and O–H groups in total. The molecule has 0 spiro atoms. The van der Waals surface area contributed by atoms with E-state index in [0.717, 1.165) is 24.0 Å². The van der Waals surface area contributed by atoms with Gasteiger partial charge in [-0.05, 0) is 37.5 Å².